The number of carbonyl (C=O) groups is 1. The van der Waals surface area contributed by atoms with E-state index in [1.165, 1.54) is 0 Å². The molecule has 0 aromatic heterocycles. The molecule has 0 saturated carbocycles. The highest BCUT2D eigenvalue weighted by molar-refractivity contribution is 5.78. The van der Waals surface area contributed by atoms with Crippen LogP contribution in [0, 0.1) is 0 Å². The van der Waals surface area contributed by atoms with Crippen LogP contribution in [-0.4, -0.2) is 49.7 Å². The van der Waals surface area contributed by atoms with Crippen LogP contribution >= 0.6 is 0 Å². The lowest BCUT2D eigenvalue weighted by Gasteiger charge is -2.22. The van der Waals surface area contributed by atoms with Gasteiger partial charge in [0.2, 0.25) is 0 Å². The number of hydrogen-bond donors (Lipinski definition) is 1. The molecule has 114 valence electrons. The molecule has 5 heteroatoms. The second kappa shape index (κ2) is 11.2. The van der Waals surface area contributed by atoms with Gasteiger partial charge in [-0.05, 0) is 46.5 Å². The summed E-state index contributed by atoms with van der Waals surface area (Å²) in [5.74, 6) is -0.324. The molecular formula is C14H28O5. The van der Waals surface area contributed by atoms with Gasteiger partial charge in [-0.25, -0.2) is 4.79 Å². The Labute approximate surface area is 116 Å². The van der Waals surface area contributed by atoms with Gasteiger partial charge < -0.3 is 19.3 Å². The third-order valence-corrected chi connectivity index (χ3v) is 2.61. The van der Waals surface area contributed by atoms with Gasteiger partial charge in [0.1, 0.15) is 0 Å². The van der Waals surface area contributed by atoms with Gasteiger partial charge in [-0.15, -0.1) is 0 Å². The average Bonchev–Trinajstić information content (AvgIpc) is 2.37. The van der Waals surface area contributed by atoms with Crippen molar-refractivity contribution in [2.45, 2.75) is 52.1 Å². The van der Waals surface area contributed by atoms with Crippen LogP contribution in [0.4, 0.5) is 0 Å². The average molecular weight is 276 g/mol. The van der Waals surface area contributed by atoms with E-state index in [9.17, 15) is 4.79 Å². The molecule has 19 heavy (non-hydrogen) atoms. The quantitative estimate of drug-likeness (QED) is 0.436. The third kappa shape index (κ3) is 9.87. The summed E-state index contributed by atoms with van der Waals surface area (Å²) in [6.07, 6.45) is 3.43. The monoisotopic (exact) mass is 276 g/mol. The zero-order chi connectivity index (χ0) is 14.6. The summed E-state index contributed by atoms with van der Waals surface area (Å²) in [7, 11) is 0. The molecule has 0 radical (unpaired) electrons. The fourth-order valence-corrected chi connectivity index (χ4v) is 1.42. The van der Waals surface area contributed by atoms with Gasteiger partial charge in [-0.1, -0.05) is 0 Å². The van der Waals surface area contributed by atoms with Gasteiger partial charge in [0.05, 0.1) is 6.61 Å². The topological polar surface area (TPSA) is 65.0 Å². The van der Waals surface area contributed by atoms with E-state index in [-0.39, 0.29) is 12.6 Å². The predicted molar refractivity (Wildman–Crippen MR) is 73.0 cm³/mol. The van der Waals surface area contributed by atoms with Crippen molar-refractivity contribution >= 4 is 5.97 Å². The summed E-state index contributed by atoms with van der Waals surface area (Å²) in [6.45, 7) is 7.71. The van der Waals surface area contributed by atoms with Crippen LogP contribution in [-0.2, 0) is 19.0 Å². The molecule has 5 nitrogen and oxygen atoms in total. The van der Waals surface area contributed by atoms with Crippen LogP contribution in [0.5, 0.6) is 0 Å². The lowest BCUT2D eigenvalue weighted by molar-refractivity contribution is -0.167. The molecule has 1 N–H and O–H groups in total. The number of hydrogen-bond acceptors (Lipinski definition) is 5. The van der Waals surface area contributed by atoms with Crippen LogP contribution in [0.15, 0.2) is 0 Å². The highest BCUT2D eigenvalue weighted by Crippen LogP contribution is 2.12. The molecule has 0 heterocycles. The number of ether oxygens (including phenoxy) is 3. The van der Waals surface area contributed by atoms with Crippen molar-refractivity contribution < 1.29 is 24.1 Å². The number of aliphatic hydroxyl groups is 1. The Morgan fingerprint density at radius 2 is 1.63 bits per heavy atom. The maximum Gasteiger partial charge on any atom is 0.337 e. The zero-order valence-corrected chi connectivity index (χ0v) is 12.4. The molecule has 0 saturated heterocycles. The Morgan fingerprint density at radius 3 is 2.21 bits per heavy atom. The zero-order valence-electron chi connectivity index (χ0n) is 12.4. The number of esters is 1. The summed E-state index contributed by atoms with van der Waals surface area (Å²) in [5.41, 5.74) is -0.877. The highest BCUT2D eigenvalue weighted by atomic mass is 16.6. The highest BCUT2D eigenvalue weighted by Gasteiger charge is 2.29. The SMILES string of the molecule is CCOC(=O)C(C)(C)OCCCCOCCCCO. The van der Waals surface area contributed by atoms with E-state index in [2.05, 4.69) is 0 Å². The first-order valence-corrected chi connectivity index (χ1v) is 7.04. The number of rotatable bonds is 12. The van der Waals surface area contributed by atoms with Gasteiger partial charge in [-0.2, -0.15) is 0 Å². The molecule has 0 aliphatic carbocycles. The van der Waals surface area contributed by atoms with Crippen molar-refractivity contribution in [1.29, 1.82) is 0 Å². The summed E-state index contributed by atoms with van der Waals surface area (Å²) < 4.78 is 15.9. The molecule has 0 aliphatic rings. The van der Waals surface area contributed by atoms with Crippen molar-refractivity contribution in [3.8, 4) is 0 Å². The Hall–Kier alpha value is -0.650. The fourth-order valence-electron chi connectivity index (χ4n) is 1.42. The van der Waals surface area contributed by atoms with Crippen LogP contribution in [0.1, 0.15) is 46.5 Å². The second-order valence-corrected chi connectivity index (χ2v) is 4.83. The Morgan fingerprint density at radius 1 is 1.05 bits per heavy atom. The minimum atomic E-state index is -0.877. The van der Waals surface area contributed by atoms with E-state index in [1.54, 1.807) is 20.8 Å². The smallest absolute Gasteiger partial charge is 0.337 e. The van der Waals surface area contributed by atoms with Crippen molar-refractivity contribution in [2.75, 3.05) is 33.0 Å². The maximum absolute atomic E-state index is 11.5. The summed E-state index contributed by atoms with van der Waals surface area (Å²) in [4.78, 5) is 11.5. The van der Waals surface area contributed by atoms with Gasteiger partial charge in [0.25, 0.3) is 0 Å². The van der Waals surface area contributed by atoms with Gasteiger partial charge in [0, 0.05) is 26.4 Å². The first kappa shape index (κ1) is 18.4. The van der Waals surface area contributed by atoms with Crippen LogP contribution < -0.4 is 0 Å². The van der Waals surface area contributed by atoms with Crippen molar-refractivity contribution in [2.24, 2.45) is 0 Å². The second-order valence-electron chi connectivity index (χ2n) is 4.83. The van der Waals surface area contributed by atoms with E-state index < -0.39 is 5.60 Å². The molecule has 0 bridgehead atoms. The van der Waals surface area contributed by atoms with E-state index in [0.29, 0.717) is 26.4 Å². The van der Waals surface area contributed by atoms with Crippen LogP contribution in [0.2, 0.25) is 0 Å². The fraction of sp³-hybridized carbons (Fsp3) is 0.929. The minimum absolute atomic E-state index is 0.222. The normalized spacial score (nSPS) is 11.6. The minimum Gasteiger partial charge on any atom is -0.464 e. The van der Waals surface area contributed by atoms with Crippen molar-refractivity contribution in [3.05, 3.63) is 0 Å². The lowest BCUT2D eigenvalue weighted by Crippen LogP contribution is -2.37. The van der Waals surface area contributed by atoms with Crippen molar-refractivity contribution in [1.82, 2.24) is 0 Å². The molecule has 0 spiro atoms. The molecule has 0 amide bonds. The molecule has 0 rings (SSSR count). The first-order chi connectivity index (χ1) is 9.04. The van der Waals surface area contributed by atoms with E-state index >= 15 is 0 Å². The maximum atomic E-state index is 11.5. The van der Waals surface area contributed by atoms with Gasteiger partial charge in [0.15, 0.2) is 5.60 Å². The third-order valence-electron chi connectivity index (χ3n) is 2.61. The molecular weight excluding hydrogens is 248 g/mol. The number of unbranched alkanes of at least 4 members (excludes halogenated alkanes) is 2. The molecule has 0 aliphatic heterocycles. The summed E-state index contributed by atoms with van der Waals surface area (Å²) in [6, 6.07) is 0. The Bertz CT molecular complexity index is 228. The van der Waals surface area contributed by atoms with E-state index in [4.69, 9.17) is 19.3 Å². The number of aliphatic hydroxyl groups excluding tert-OH is 1. The summed E-state index contributed by atoms with van der Waals surface area (Å²) >= 11 is 0. The predicted octanol–water partition coefficient (Wildman–Crippen LogP) is 1.91. The molecule has 0 aromatic rings. The molecule has 0 fully saturated rings. The van der Waals surface area contributed by atoms with Crippen LogP contribution in [0.3, 0.4) is 0 Å². The van der Waals surface area contributed by atoms with Crippen molar-refractivity contribution in [3.63, 3.8) is 0 Å². The largest absolute Gasteiger partial charge is 0.464 e. The Kier molecular flexibility index (Phi) is 10.8. The first-order valence-electron chi connectivity index (χ1n) is 7.04. The molecule has 0 aromatic carbocycles. The lowest BCUT2D eigenvalue weighted by atomic mass is 10.1. The van der Waals surface area contributed by atoms with Gasteiger partial charge in [-0.3, -0.25) is 0 Å². The summed E-state index contributed by atoms with van der Waals surface area (Å²) in [5, 5.41) is 8.59. The Balaban J connectivity index is 3.45. The van der Waals surface area contributed by atoms with E-state index in [0.717, 1.165) is 25.7 Å². The number of carbonyl (C=O) groups excluding carboxylic acids is 1. The molecule has 0 atom stereocenters. The van der Waals surface area contributed by atoms with Crippen LogP contribution in [0.25, 0.3) is 0 Å². The van der Waals surface area contributed by atoms with Gasteiger partial charge >= 0.3 is 5.97 Å². The van der Waals surface area contributed by atoms with E-state index in [1.807, 2.05) is 0 Å². The standard InChI is InChI=1S/C14H28O5/c1-4-18-13(16)14(2,3)19-12-8-7-11-17-10-6-5-9-15/h15H,4-12H2,1-3H3. The molecule has 0 unspecified atom stereocenters.